The Hall–Kier alpha value is -2.44. The summed E-state index contributed by atoms with van der Waals surface area (Å²) in [6, 6.07) is 7.40. The summed E-state index contributed by atoms with van der Waals surface area (Å²) in [5.41, 5.74) is 4.67. The molecular weight excluding hydrogens is 449 g/mol. The van der Waals surface area contributed by atoms with E-state index in [4.69, 9.17) is 15.2 Å². The highest BCUT2D eigenvalue weighted by Gasteiger charge is 2.44. The lowest BCUT2D eigenvalue weighted by Crippen LogP contribution is -2.62. The molecule has 7 nitrogen and oxygen atoms in total. The van der Waals surface area contributed by atoms with Crippen LogP contribution in [0.4, 0.5) is 13.2 Å². The Morgan fingerprint density at radius 1 is 1.16 bits per heavy atom. The fraction of sp³-hybridized carbons (Fsp3) is 0.333. The van der Waals surface area contributed by atoms with Crippen LogP contribution in [0.15, 0.2) is 47.5 Å². The van der Waals surface area contributed by atoms with E-state index in [2.05, 4.69) is 5.32 Å². The summed E-state index contributed by atoms with van der Waals surface area (Å²) >= 11 is 1.17. The number of hydrogen-bond acceptors (Lipinski definition) is 8. The number of nitrogens with two attached hydrogens (primary N) is 1. The molecule has 1 fully saturated rings. The van der Waals surface area contributed by atoms with Gasteiger partial charge in [0.1, 0.15) is 29.5 Å². The molecule has 0 radical (unpaired) electrons. The van der Waals surface area contributed by atoms with Gasteiger partial charge in [0.2, 0.25) is 0 Å². The molecule has 0 aromatic heterocycles. The van der Waals surface area contributed by atoms with Crippen molar-refractivity contribution in [1.29, 1.82) is 0 Å². The molecule has 11 heteroatoms. The number of nitrogens with one attached hydrogen (secondary N) is 1. The molecule has 1 heterocycles. The lowest BCUT2D eigenvalue weighted by Gasteiger charge is -2.42. The van der Waals surface area contributed by atoms with Gasteiger partial charge in [0.25, 0.3) is 0 Å². The molecule has 5 unspecified atom stereocenters. The third kappa shape index (κ3) is 5.30. The summed E-state index contributed by atoms with van der Waals surface area (Å²) in [6.07, 6.45) is -2.46. The first-order chi connectivity index (χ1) is 15.2. The van der Waals surface area contributed by atoms with Crippen LogP contribution in [0.5, 0.6) is 5.75 Å². The van der Waals surface area contributed by atoms with E-state index in [0.29, 0.717) is 5.75 Å². The lowest BCUT2D eigenvalue weighted by molar-refractivity contribution is -0.164. The van der Waals surface area contributed by atoms with E-state index < -0.39 is 53.8 Å². The van der Waals surface area contributed by atoms with Crippen LogP contribution in [0.25, 0.3) is 5.70 Å². The molecule has 6 N–H and O–H groups in total. The fourth-order valence-electron chi connectivity index (χ4n) is 3.16. The van der Waals surface area contributed by atoms with Crippen LogP contribution in [-0.2, 0) is 4.74 Å². The van der Waals surface area contributed by atoms with Crippen molar-refractivity contribution < 1.29 is 38.0 Å². The molecule has 174 valence electrons. The molecule has 0 aliphatic carbocycles. The third-order valence-corrected chi connectivity index (χ3v) is 6.11. The summed E-state index contributed by atoms with van der Waals surface area (Å²) in [5, 5.41) is 33.6. The number of aliphatic hydroxyl groups is 3. The van der Waals surface area contributed by atoms with Crippen LogP contribution in [0.2, 0.25) is 0 Å². The molecular formula is C21H23F3N2O5S. The summed E-state index contributed by atoms with van der Waals surface area (Å²) in [5.74, 6) is -3.77. The maximum absolute atomic E-state index is 13.5. The van der Waals surface area contributed by atoms with E-state index in [1.165, 1.54) is 18.9 Å². The number of ether oxygens (including phenoxy) is 2. The molecule has 0 saturated carbocycles. The van der Waals surface area contributed by atoms with Gasteiger partial charge in [0, 0.05) is 16.7 Å². The van der Waals surface area contributed by atoms with E-state index in [1.807, 2.05) is 0 Å². The van der Waals surface area contributed by atoms with Crippen LogP contribution in [0.3, 0.4) is 0 Å². The quantitative estimate of drug-likeness (QED) is 0.386. The predicted octanol–water partition coefficient (Wildman–Crippen LogP) is 1.56. The first-order valence-electron chi connectivity index (χ1n) is 9.55. The Morgan fingerprint density at radius 3 is 2.34 bits per heavy atom. The largest absolute Gasteiger partial charge is 0.497 e. The normalized spacial score (nSPS) is 26.1. The molecule has 1 aliphatic rings. The highest BCUT2D eigenvalue weighted by atomic mass is 32.2. The molecule has 3 rings (SSSR count). The molecule has 2 aromatic carbocycles. The average Bonchev–Trinajstić information content (AvgIpc) is 2.79. The van der Waals surface area contributed by atoms with E-state index in [-0.39, 0.29) is 11.3 Å². The van der Waals surface area contributed by atoms with Gasteiger partial charge in [0.05, 0.1) is 25.5 Å². The van der Waals surface area contributed by atoms with Crippen molar-refractivity contribution >= 4 is 17.5 Å². The minimum Gasteiger partial charge on any atom is -0.497 e. The van der Waals surface area contributed by atoms with Gasteiger partial charge < -0.3 is 35.8 Å². The fourth-order valence-corrected chi connectivity index (χ4v) is 4.23. The van der Waals surface area contributed by atoms with Gasteiger partial charge in [-0.3, -0.25) is 0 Å². The number of halogens is 3. The topological polar surface area (TPSA) is 117 Å². The minimum absolute atomic E-state index is 0.132. The maximum atomic E-state index is 13.5. The van der Waals surface area contributed by atoms with Crippen molar-refractivity contribution in [2.24, 2.45) is 5.73 Å². The average molecular weight is 472 g/mol. The molecule has 0 amide bonds. The number of hydrogen-bond donors (Lipinski definition) is 5. The van der Waals surface area contributed by atoms with Crippen LogP contribution in [0.1, 0.15) is 5.56 Å². The number of benzene rings is 2. The second-order valence-corrected chi connectivity index (χ2v) is 8.22. The standard InChI is InChI=1S/C21H23F3N2O5S/c1-30-11-2-4-12(5-3-11)32-21-20(29)18(19(28)16(9-27)31-21)26-8-15(25)10-6-13(22)17(24)14(23)7-10/h2-8,16,18-21,26-29H,9,25H2,1H3/b15-8-. The number of rotatable bonds is 7. The van der Waals surface area contributed by atoms with Gasteiger partial charge in [-0.2, -0.15) is 0 Å². The summed E-state index contributed by atoms with van der Waals surface area (Å²) in [4.78, 5) is 0.744. The summed E-state index contributed by atoms with van der Waals surface area (Å²) in [7, 11) is 1.54. The first kappa shape index (κ1) is 24.2. The van der Waals surface area contributed by atoms with E-state index >= 15 is 0 Å². The van der Waals surface area contributed by atoms with Crippen molar-refractivity contribution in [3.8, 4) is 5.75 Å². The monoisotopic (exact) mass is 472 g/mol. The van der Waals surface area contributed by atoms with Crippen LogP contribution in [-0.4, -0.2) is 58.8 Å². The molecule has 0 bridgehead atoms. The van der Waals surface area contributed by atoms with Crippen molar-refractivity contribution in [2.45, 2.75) is 34.7 Å². The smallest absolute Gasteiger partial charge is 0.194 e. The molecule has 0 spiro atoms. The van der Waals surface area contributed by atoms with E-state index in [1.54, 1.807) is 24.3 Å². The summed E-state index contributed by atoms with van der Waals surface area (Å²) < 4.78 is 50.8. The predicted molar refractivity (Wildman–Crippen MR) is 112 cm³/mol. The molecule has 5 atom stereocenters. The zero-order valence-corrected chi connectivity index (χ0v) is 17.7. The maximum Gasteiger partial charge on any atom is 0.194 e. The Morgan fingerprint density at radius 2 is 1.78 bits per heavy atom. The van der Waals surface area contributed by atoms with Crippen molar-refractivity contribution in [2.75, 3.05) is 13.7 Å². The van der Waals surface area contributed by atoms with E-state index in [0.717, 1.165) is 23.2 Å². The molecule has 1 saturated heterocycles. The van der Waals surface area contributed by atoms with Gasteiger partial charge >= 0.3 is 0 Å². The van der Waals surface area contributed by atoms with Crippen LogP contribution >= 0.6 is 11.8 Å². The minimum atomic E-state index is -1.62. The highest BCUT2D eigenvalue weighted by Crippen LogP contribution is 2.34. The van der Waals surface area contributed by atoms with Crippen molar-refractivity contribution in [1.82, 2.24) is 5.32 Å². The first-order valence-corrected chi connectivity index (χ1v) is 10.4. The van der Waals surface area contributed by atoms with Gasteiger partial charge in [-0.05, 0) is 36.4 Å². The highest BCUT2D eigenvalue weighted by molar-refractivity contribution is 7.99. The Bertz CT molecular complexity index is 940. The van der Waals surface area contributed by atoms with Gasteiger partial charge in [0.15, 0.2) is 17.5 Å². The second kappa shape index (κ2) is 10.5. The van der Waals surface area contributed by atoms with Gasteiger partial charge in [-0.25, -0.2) is 13.2 Å². The molecule has 1 aliphatic heterocycles. The number of methoxy groups -OCH3 is 1. The van der Waals surface area contributed by atoms with Gasteiger partial charge in [-0.1, -0.05) is 11.8 Å². The molecule has 32 heavy (non-hydrogen) atoms. The molecule has 2 aromatic rings. The Kier molecular flexibility index (Phi) is 7.91. The zero-order chi connectivity index (χ0) is 23.4. The zero-order valence-electron chi connectivity index (χ0n) is 16.9. The Balaban J connectivity index is 1.78. The van der Waals surface area contributed by atoms with Crippen molar-refractivity contribution in [3.63, 3.8) is 0 Å². The lowest BCUT2D eigenvalue weighted by atomic mass is 9.97. The van der Waals surface area contributed by atoms with E-state index in [9.17, 15) is 28.5 Å². The Labute approximate surface area is 186 Å². The van der Waals surface area contributed by atoms with Crippen LogP contribution in [0, 0.1) is 17.5 Å². The van der Waals surface area contributed by atoms with Crippen LogP contribution < -0.4 is 15.8 Å². The number of aliphatic hydroxyl groups excluding tert-OH is 3. The third-order valence-electron chi connectivity index (χ3n) is 4.94. The SMILES string of the molecule is COc1ccc(SC2OC(CO)C(O)C(N/C=C(\N)c3cc(F)c(F)c(F)c3)C2O)cc1. The summed E-state index contributed by atoms with van der Waals surface area (Å²) in [6.45, 7) is -0.515. The second-order valence-electron chi connectivity index (χ2n) is 7.05. The van der Waals surface area contributed by atoms with Crippen molar-refractivity contribution in [3.05, 3.63) is 65.6 Å². The number of thioether (sulfide) groups is 1. The van der Waals surface area contributed by atoms with Gasteiger partial charge in [-0.15, -0.1) is 0 Å².